The normalized spacial score (nSPS) is 21.1. The zero-order valence-electron chi connectivity index (χ0n) is 13.5. The summed E-state index contributed by atoms with van der Waals surface area (Å²) in [5, 5.41) is 14.4. The Morgan fingerprint density at radius 3 is 2.78 bits per heavy atom. The van der Waals surface area contributed by atoms with E-state index in [2.05, 4.69) is 17.1 Å². The number of anilines is 1. The molecule has 3 rings (SSSR count). The molecule has 1 saturated carbocycles. The number of hydrogen-bond donors (Lipinski definition) is 1. The molecule has 1 amide bonds. The number of rotatable bonds is 5. The van der Waals surface area contributed by atoms with E-state index in [0.717, 1.165) is 38.6 Å². The smallest absolute Gasteiger partial charge is 0.293 e. The fraction of sp³-hybridized carbons (Fsp3) is 0.588. The molecular weight excluding hydrogens is 294 g/mol. The summed E-state index contributed by atoms with van der Waals surface area (Å²) < 4.78 is 0. The van der Waals surface area contributed by atoms with E-state index in [9.17, 15) is 14.9 Å². The molecule has 1 atom stereocenters. The van der Waals surface area contributed by atoms with Crippen LogP contribution in [0.1, 0.15) is 55.8 Å². The lowest BCUT2D eigenvalue weighted by Crippen LogP contribution is -2.39. The molecule has 0 bridgehead atoms. The minimum absolute atomic E-state index is 0.0359. The van der Waals surface area contributed by atoms with Gasteiger partial charge in [0.05, 0.1) is 4.92 Å². The number of carbonyl (C=O) groups is 1. The Hall–Kier alpha value is -2.11. The number of amides is 1. The average molecular weight is 317 g/mol. The van der Waals surface area contributed by atoms with Crippen LogP contribution in [0, 0.1) is 10.1 Å². The summed E-state index contributed by atoms with van der Waals surface area (Å²) in [4.78, 5) is 25.4. The van der Waals surface area contributed by atoms with Crippen molar-refractivity contribution in [2.24, 2.45) is 0 Å². The van der Waals surface area contributed by atoms with Crippen molar-refractivity contribution in [3.05, 3.63) is 33.9 Å². The highest BCUT2D eigenvalue weighted by Crippen LogP contribution is 2.34. The number of carbonyl (C=O) groups excluding carboxylic acids is 1. The molecular formula is C17H23N3O3. The molecule has 1 aliphatic heterocycles. The van der Waals surface area contributed by atoms with Crippen molar-refractivity contribution in [1.29, 1.82) is 0 Å². The van der Waals surface area contributed by atoms with Crippen molar-refractivity contribution in [1.82, 2.24) is 5.32 Å². The van der Waals surface area contributed by atoms with Crippen molar-refractivity contribution >= 4 is 17.3 Å². The molecule has 0 radical (unpaired) electrons. The average Bonchev–Trinajstić information content (AvgIpc) is 3.38. The second kappa shape index (κ2) is 6.56. The van der Waals surface area contributed by atoms with Gasteiger partial charge in [0.2, 0.25) is 0 Å². The Morgan fingerprint density at radius 2 is 2.13 bits per heavy atom. The minimum Gasteiger partial charge on any atom is -0.363 e. The van der Waals surface area contributed by atoms with E-state index in [1.54, 1.807) is 12.1 Å². The summed E-state index contributed by atoms with van der Waals surface area (Å²) in [6.07, 6.45) is 6.26. The SMILES string of the molecule is CCC1CCCCN1c1ccc(C(=O)NC2CC2)cc1[N+](=O)[O-]. The lowest BCUT2D eigenvalue weighted by atomic mass is 9.98. The number of piperidine rings is 1. The van der Waals surface area contributed by atoms with E-state index in [4.69, 9.17) is 0 Å². The van der Waals surface area contributed by atoms with Crippen LogP contribution in [0.3, 0.4) is 0 Å². The fourth-order valence-electron chi connectivity index (χ4n) is 3.29. The molecule has 1 aromatic rings. The molecule has 1 N–H and O–H groups in total. The van der Waals surface area contributed by atoms with Crippen LogP contribution in [0.25, 0.3) is 0 Å². The molecule has 1 aliphatic carbocycles. The van der Waals surface area contributed by atoms with E-state index in [-0.39, 0.29) is 22.6 Å². The van der Waals surface area contributed by atoms with Gasteiger partial charge in [-0.25, -0.2) is 0 Å². The first kappa shape index (κ1) is 15.8. The van der Waals surface area contributed by atoms with Gasteiger partial charge in [0.1, 0.15) is 5.69 Å². The number of nitrogens with zero attached hydrogens (tertiary/aromatic N) is 2. The molecule has 2 aliphatic rings. The Labute approximate surface area is 136 Å². The third-order valence-electron chi connectivity index (χ3n) is 4.75. The Morgan fingerprint density at radius 1 is 1.35 bits per heavy atom. The van der Waals surface area contributed by atoms with Gasteiger partial charge < -0.3 is 10.2 Å². The van der Waals surface area contributed by atoms with Crippen LogP contribution in [0.4, 0.5) is 11.4 Å². The second-order valence-corrected chi connectivity index (χ2v) is 6.46. The van der Waals surface area contributed by atoms with Crippen LogP contribution >= 0.6 is 0 Å². The van der Waals surface area contributed by atoms with Crippen LogP contribution in [-0.2, 0) is 0 Å². The Kier molecular flexibility index (Phi) is 4.50. The van der Waals surface area contributed by atoms with Crippen LogP contribution in [0.5, 0.6) is 0 Å². The number of nitro benzene ring substituents is 1. The molecule has 1 aromatic carbocycles. The van der Waals surface area contributed by atoms with Crippen LogP contribution < -0.4 is 10.2 Å². The Bertz CT molecular complexity index is 613. The van der Waals surface area contributed by atoms with Crippen molar-refractivity contribution in [2.45, 2.75) is 57.5 Å². The highest BCUT2D eigenvalue weighted by atomic mass is 16.6. The summed E-state index contributed by atoms with van der Waals surface area (Å²) in [6, 6.07) is 5.46. The standard InChI is InChI=1S/C17H23N3O3/c1-2-14-5-3-4-10-19(14)15-9-6-12(11-16(15)20(22)23)17(21)18-13-7-8-13/h6,9,11,13-14H,2-5,7-8,10H2,1H3,(H,18,21). The molecule has 1 heterocycles. The molecule has 0 aromatic heterocycles. The van der Waals surface area contributed by atoms with E-state index in [1.165, 1.54) is 12.5 Å². The lowest BCUT2D eigenvalue weighted by molar-refractivity contribution is -0.384. The van der Waals surface area contributed by atoms with Crippen LogP contribution in [0.2, 0.25) is 0 Å². The molecule has 6 heteroatoms. The van der Waals surface area contributed by atoms with Gasteiger partial charge in [-0.2, -0.15) is 0 Å². The van der Waals surface area contributed by atoms with Crippen molar-refractivity contribution < 1.29 is 9.72 Å². The zero-order valence-corrected chi connectivity index (χ0v) is 13.5. The third kappa shape index (κ3) is 3.46. The maximum atomic E-state index is 12.1. The van der Waals surface area contributed by atoms with Crippen LogP contribution in [0.15, 0.2) is 18.2 Å². The monoisotopic (exact) mass is 317 g/mol. The van der Waals surface area contributed by atoms with Gasteiger partial charge in [0.15, 0.2) is 0 Å². The summed E-state index contributed by atoms with van der Waals surface area (Å²) in [6.45, 7) is 2.96. The molecule has 2 fully saturated rings. The van der Waals surface area contributed by atoms with E-state index < -0.39 is 0 Å². The van der Waals surface area contributed by atoms with Gasteiger partial charge in [-0.15, -0.1) is 0 Å². The highest BCUT2D eigenvalue weighted by molar-refractivity contribution is 5.96. The number of hydrogen-bond acceptors (Lipinski definition) is 4. The van der Waals surface area contributed by atoms with Crippen molar-refractivity contribution in [3.63, 3.8) is 0 Å². The maximum Gasteiger partial charge on any atom is 0.293 e. The summed E-state index contributed by atoms with van der Waals surface area (Å²) in [5.41, 5.74) is 1.05. The molecule has 1 saturated heterocycles. The lowest BCUT2D eigenvalue weighted by Gasteiger charge is -2.36. The van der Waals surface area contributed by atoms with E-state index >= 15 is 0 Å². The first-order valence-corrected chi connectivity index (χ1v) is 8.46. The molecule has 23 heavy (non-hydrogen) atoms. The first-order chi connectivity index (χ1) is 11.1. The molecule has 124 valence electrons. The quantitative estimate of drug-likeness (QED) is 0.668. The molecule has 1 unspecified atom stereocenters. The second-order valence-electron chi connectivity index (χ2n) is 6.46. The fourth-order valence-corrected chi connectivity index (χ4v) is 3.29. The predicted molar refractivity (Wildman–Crippen MR) is 88.9 cm³/mol. The van der Waals surface area contributed by atoms with E-state index in [1.807, 2.05) is 0 Å². The van der Waals surface area contributed by atoms with Crippen LogP contribution in [-0.4, -0.2) is 29.5 Å². The number of nitrogens with one attached hydrogen (secondary N) is 1. The topological polar surface area (TPSA) is 75.5 Å². The molecule has 0 spiro atoms. The zero-order chi connectivity index (χ0) is 16.4. The summed E-state index contributed by atoms with van der Waals surface area (Å²) in [7, 11) is 0. The highest BCUT2D eigenvalue weighted by Gasteiger charge is 2.29. The largest absolute Gasteiger partial charge is 0.363 e. The number of benzene rings is 1. The third-order valence-corrected chi connectivity index (χ3v) is 4.75. The van der Waals surface area contributed by atoms with Gasteiger partial charge in [0.25, 0.3) is 11.6 Å². The number of nitro groups is 1. The molecule has 6 nitrogen and oxygen atoms in total. The first-order valence-electron chi connectivity index (χ1n) is 8.46. The minimum atomic E-state index is -0.370. The van der Waals surface area contributed by atoms with Crippen molar-refractivity contribution in [2.75, 3.05) is 11.4 Å². The van der Waals surface area contributed by atoms with Gasteiger partial charge in [-0.3, -0.25) is 14.9 Å². The van der Waals surface area contributed by atoms with Gasteiger partial charge in [0, 0.05) is 30.3 Å². The van der Waals surface area contributed by atoms with Gasteiger partial charge >= 0.3 is 0 Å². The Balaban J connectivity index is 1.89. The summed E-state index contributed by atoms with van der Waals surface area (Å²) >= 11 is 0. The predicted octanol–water partition coefficient (Wildman–Crippen LogP) is 3.26. The summed E-state index contributed by atoms with van der Waals surface area (Å²) in [5.74, 6) is -0.215. The van der Waals surface area contributed by atoms with Crippen molar-refractivity contribution in [3.8, 4) is 0 Å². The maximum absolute atomic E-state index is 12.1. The van der Waals surface area contributed by atoms with Gasteiger partial charge in [-0.1, -0.05) is 6.92 Å². The van der Waals surface area contributed by atoms with Gasteiger partial charge in [-0.05, 0) is 50.7 Å². The van der Waals surface area contributed by atoms with E-state index in [0.29, 0.717) is 17.3 Å².